The Labute approximate surface area is 213 Å². The lowest BCUT2D eigenvalue weighted by atomic mass is 9.35. The van der Waals surface area contributed by atoms with E-state index in [1.165, 1.54) is 0 Å². The summed E-state index contributed by atoms with van der Waals surface area (Å²) >= 11 is 0. The quantitative estimate of drug-likeness (QED) is 0.443. The first-order chi connectivity index (χ1) is 15.9. The lowest BCUT2D eigenvalue weighted by Gasteiger charge is -2.71. The van der Waals surface area contributed by atoms with Crippen molar-refractivity contribution in [1.29, 1.82) is 0 Å². The van der Waals surface area contributed by atoms with Gasteiger partial charge in [-0.1, -0.05) is 34.6 Å². The van der Waals surface area contributed by atoms with Crippen LogP contribution in [0.3, 0.4) is 0 Å². The van der Waals surface area contributed by atoms with Crippen molar-refractivity contribution in [2.24, 2.45) is 39.4 Å². The molecule has 1 saturated heterocycles. The van der Waals surface area contributed by atoms with E-state index in [0.717, 1.165) is 38.5 Å². The molecule has 0 amide bonds. The fourth-order valence-electron chi connectivity index (χ4n) is 11.1. The summed E-state index contributed by atoms with van der Waals surface area (Å²) < 4.78 is 6.52. The SMILES string of the molecule is CC(C)(O)[C@@H]1CCC(C)([C@@]2(O)CC[C@]3(C)C2[C@H](O)CC2[C@@]4(C)CC[C@@H](O)C(C)(C)C4CC[C@]23C)O1. The van der Waals surface area contributed by atoms with Gasteiger partial charge in [0.1, 0.15) is 0 Å². The van der Waals surface area contributed by atoms with Crippen LogP contribution in [0.1, 0.15) is 113 Å². The first-order valence-corrected chi connectivity index (χ1v) is 14.4. The van der Waals surface area contributed by atoms with Crippen LogP contribution in [0.15, 0.2) is 0 Å². The second kappa shape index (κ2) is 7.46. The molecule has 0 spiro atoms. The van der Waals surface area contributed by atoms with Gasteiger partial charge >= 0.3 is 0 Å². The van der Waals surface area contributed by atoms with Gasteiger partial charge in [0.2, 0.25) is 0 Å². The summed E-state index contributed by atoms with van der Waals surface area (Å²) in [5.74, 6) is 0.553. The number of rotatable bonds is 2. The van der Waals surface area contributed by atoms with Gasteiger partial charge in [0.15, 0.2) is 0 Å². The van der Waals surface area contributed by atoms with Gasteiger partial charge in [-0.2, -0.15) is 0 Å². The molecule has 0 radical (unpaired) electrons. The average Bonchev–Trinajstić information content (AvgIpc) is 3.29. The minimum atomic E-state index is -1.12. The number of hydrogen-bond acceptors (Lipinski definition) is 5. The molecule has 1 heterocycles. The van der Waals surface area contributed by atoms with E-state index in [1.807, 2.05) is 6.92 Å². The summed E-state index contributed by atoms with van der Waals surface area (Å²) in [6.45, 7) is 17.3. The van der Waals surface area contributed by atoms with Crippen molar-refractivity contribution in [3.63, 3.8) is 0 Å². The predicted molar refractivity (Wildman–Crippen MR) is 137 cm³/mol. The van der Waals surface area contributed by atoms with E-state index in [9.17, 15) is 20.4 Å². The molecule has 0 aromatic carbocycles. The van der Waals surface area contributed by atoms with E-state index < -0.39 is 22.9 Å². The van der Waals surface area contributed by atoms with Gasteiger partial charge in [-0.25, -0.2) is 0 Å². The Morgan fingerprint density at radius 3 is 2.03 bits per heavy atom. The van der Waals surface area contributed by atoms with Gasteiger partial charge in [-0.05, 0) is 112 Å². The van der Waals surface area contributed by atoms with Crippen LogP contribution in [0.4, 0.5) is 0 Å². The molecule has 5 aliphatic rings. The van der Waals surface area contributed by atoms with Crippen molar-refractivity contribution < 1.29 is 25.2 Å². The van der Waals surface area contributed by atoms with E-state index in [4.69, 9.17) is 4.74 Å². The van der Waals surface area contributed by atoms with E-state index >= 15 is 0 Å². The lowest BCUT2D eigenvalue weighted by Crippen LogP contribution is -2.69. The maximum Gasteiger partial charge on any atom is 0.0991 e. The van der Waals surface area contributed by atoms with Crippen LogP contribution in [0.5, 0.6) is 0 Å². The van der Waals surface area contributed by atoms with E-state index in [2.05, 4.69) is 34.6 Å². The normalized spacial score (nSPS) is 57.9. The Hall–Kier alpha value is -0.200. The van der Waals surface area contributed by atoms with Crippen molar-refractivity contribution in [3.8, 4) is 0 Å². The highest BCUT2D eigenvalue weighted by Crippen LogP contribution is 2.76. The smallest absolute Gasteiger partial charge is 0.0991 e. The van der Waals surface area contributed by atoms with Crippen LogP contribution in [0, 0.1) is 39.4 Å². The van der Waals surface area contributed by atoms with Crippen molar-refractivity contribution in [2.75, 3.05) is 0 Å². The van der Waals surface area contributed by atoms with Crippen molar-refractivity contribution in [1.82, 2.24) is 0 Å². The molecule has 5 rings (SSSR count). The van der Waals surface area contributed by atoms with Crippen LogP contribution in [0.25, 0.3) is 0 Å². The fourth-order valence-corrected chi connectivity index (χ4v) is 11.1. The van der Waals surface area contributed by atoms with Crippen LogP contribution in [-0.4, -0.2) is 55.5 Å². The number of aliphatic hydroxyl groups is 4. The second-order valence-corrected chi connectivity index (χ2v) is 15.6. The summed E-state index contributed by atoms with van der Waals surface area (Å²) in [4.78, 5) is 0. The molecule has 5 nitrogen and oxygen atoms in total. The Kier molecular flexibility index (Phi) is 5.63. The van der Waals surface area contributed by atoms with E-state index in [-0.39, 0.29) is 39.8 Å². The lowest BCUT2D eigenvalue weighted by molar-refractivity contribution is -0.277. The highest BCUT2D eigenvalue weighted by atomic mass is 16.5. The second-order valence-electron chi connectivity index (χ2n) is 15.6. The molecule has 0 aromatic rings. The van der Waals surface area contributed by atoms with E-state index in [1.54, 1.807) is 13.8 Å². The predicted octanol–water partition coefficient (Wildman–Crippen LogP) is 4.83. The highest BCUT2D eigenvalue weighted by molar-refractivity contribution is 5.25. The van der Waals surface area contributed by atoms with Gasteiger partial charge in [0.05, 0.1) is 35.1 Å². The Morgan fingerprint density at radius 1 is 0.771 bits per heavy atom. The summed E-state index contributed by atoms with van der Waals surface area (Å²) in [6.07, 6.45) is 6.50. The molecule has 4 aliphatic carbocycles. The van der Waals surface area contributed by atoms with Crippen LogP contribution < -0.4 is 0 Å². The molecule has 5 heteroatoms. The molecule has 4 saturated carbocycles. The third-order valence-electron chi connectivity index (χ3n) is 13.4. The van der Waals surface area contributed by atoms with Gasteiger partial charge < -0.3 is 25.2 Å². The fraction of sp³-hybridized carbons (Fsp3) is 1.00. The zero-order valence-electron chi connectivity index (χ0n) is 23.5. The maximum atomic E-state index is 12.5. The highest BCUT2D eigenvalue weighted by Gasteiger charge is 2.75. The standard InChI is InChI=1S/C30H52O5/c1-24(2)19-9-13-27(6)20(26(19,5)12-10-21(24)32)17-18(31)23-28(27,7)15-16-30(23,34)29(8)14-11-22(35-29)25(3,4)33/h18-23,31-34H,9-17H2,1-8H3/t18-,19?,20?,21-,22+,23?,26+,27-,28-,29?,30-/m1/s1. The zero-order valence-corrected chi connectivity index (χ0v) is 23.5. The van der Waals surface area contributed by atoms with E-state index in [0.29, 0.717) is 31.1 Å². The maximum absolute atomic E-state index is 12.5. The number of hydrogen-bond donors (Lipinski definition) is 4. The van der Waals surface area contributed by atoms with Gasteiger partial charge in [0.25, 0.3) is 0 Å². The van der Waals surface area contributed by atoms with Crippen molar-refractivity contribution >= 4 is 0 Å². The molecule has 1 aliphatic heterocycles. The first-order valence-electron chi connectivity index (χ1n) is 14.4. The monoisotopic (exact) mass is 492 g/mol. The topological polar surface area (TPSA) is 90.2 Å². The zero-order chi connectivity index (χ0) is 26.0. The Bertz CT molecular complexity index is 865. The Balaban J connectivity index is 1.52. The van der Waals surface area contributed by atoms with Crippen molar-refractivity contribution in [2.45, 2.75) is 148 Å². The number of fused-ring (bicyclic) bond motifs is 5. The largest absolute Gasteiger partial charge is 0.393 e. The Morgan fingerprint density at radius 2 is 1.43 bits per heavy atom. The van der Waals surface area contributed by atoms with Crippen LogP contribution in [0.2, 0.25) is 0 Å². The molecular formula is C30H52O5. The average molecular weight is 493 g/mol. The van der Waals surface area contributed by atoms with Gasteiger partial charge in [-0.15, -0.1) is 0 Å². The minimum absolute atomic E-state index is 0.00954. The van der Waals surface area contributed by atoms with Crippen LogP contribution in [-0.2, 0) is 4.74 Å². The first kappa shape index (κ1) is 26.4. The summed E-state index contributed by atoms with van der Waals surface area (Å²) in [6, 6.07) is 0. The summed E-state index contributed by atoms with van der Waals surface area (Å²) in [5, 5.41) is 45.9. The molecule has 35 heavy (non-hydrogen) atoms. The molecule has 202 valence electrons. The minimum Gasteiger partial charge on any atom is -0.393 e. The molecule has 4 N–H and O–H groups in total. The molecular weight excluding hydrogens is 440 g/mol. The molecule has 4 unspecified atom stereocenters. The third-order valence-corrected chi connectivity index (χ3v) is 13.4. The third kappa shape index (κ3) is 3.17. The number of aliphatic hydroxyl groups excluding tert-OH is 2. The van der Waals surface area contributed by atoms with Crippen molar-refractivity contribution in [3.05, 3.63) is 0 Å². The molecule has 0 aromatic heterocycles. The summed E-state index contributed by atoms with van der Waals surface area (Å²) in [7, 11) is 0. The molecule has 11 atom stereocenters. The summed E-state index contributed by atoms with van der Waals surface area (Å²) in [5.41, 5.74) is -3.08. The van der Waals surface area contributed by atoms with Gasteiger partial charge in [-0.3, -0.25) is 0 Å². The number of ether oxygens (including phenoxy) is 1. The van der Waals surface area contributed by atoms with Crippen LogP contribution >= 0.6 is 0 Å². The molecule has 0 bridgehead atoms. The molecule has 5 fully saturated rings. The van der Waals surface area contributed by atoms with Gasteiger partial charge in [0, 0.05) is 5.92 Å².